The highest BCUT2D eigenvalue weighted by atomic mass is 32.1. The van der Waals surface area contributed by atoms with Crippen molar-refractivity contribution in [1.29, 1.82) is 0 Å². The molecule has 18 heavy (non-hydrogen) atoms. The Morgan fingerprint density at radius 1 is 1.33 bits per heavy atom. The molecule has 1 fully saturated rings. The van der Waals surface area contributed by atoms with E-state index >= 15 is 0 Å². The molecule has 0 spiro atoms. The van der Waals surface area contributed by atoms with Crippen LogP contribution in [0.1, 0.15) is 17.9 Å². The van der Waals surface area contributed by atoms with E-state index in [1.165, 1.54) is 12.0 Å². The minimum absolute atomic E-state index is 0.469. The summed E-state index contributed by atoms with van der Waals surface area (Å²) >= 11 is 1.54. The second-order valence-electron chi connectivity index (χ2n) is 4.49. The molecule has 3 rings (SSSR count). The molecule has 1 aliphatic heterocycles. The van der Waals surface area contributed by atoms with Crippen LogP contribution in [0.25, 0.3) is 0 Å². The maximum Gasteiger partial charge on any atom is 0.205 e. The van der Waals surface area contributed by atoms with Gasteiger partial charge in [0.2, 0.25) is 5.13 Å². The van der Waals surface area contributed by atoms with Crippen LogP contribution in [-0.2, 0) is 0 Å². The largest absolute Gasteiger partial charge is 0.359 e. The minimum Gasteiger partial charge on any atom is -0.359 e. The fourth-order valence-corrected chi connectivity index (χ4v) is 2.98. The van der Waals surface area contributed by atoms with Gasteiger partial charge in [0, 0.05) is 18.5 Å². The van der Waals surface area contributed by atoms with Crippen LogP contribution < -0.4 is 10.6 Å². The van der Waals surface area contributed by atoms with Crippen molar-refractivity contribution in [3.8, 4) is 0 Å². The number of nitrogens with one attached hydrogen (secondary N) is 2. The van der Waals surface area contributed by atoms with E-state index < -0.39 is 0 Å². The third-order valence-electron chi connectivity index (χ3n) is 3.41. The standard InChI is InChI=1S/C13H16N4S/c1-2-4-10(5-3-1)11-6-7-14-12(11)8-15-13-17-16-9-18-13/h1-5,9,11-12,14H,6-8H2,(H,15,17)/t11-,12-/m1/s1. The first-order chi connectivity index (χ1) is 8.93. The lowest BCUT2D eigenvalue weighted by Gasteiger charge is -2.20. The summed E-state index contributed by atoms with van der Waals surface area (Å²) in [6.07, 6.45) is 1.20. The molecule has 0 aliphatic carbocycles. The summed E-state index contributed by atoms with van der Waals surface area (Å²) in [5.74, 6) is 0.589. The lowest BCUT2D eigenvalue weighted by molar-refractivity contribution is 0.570. The van der Waals surface area contributed by atoms with Gasteiger partial charge >= 0.3 is 0 Å². The van der Waals surface area contributed by atoms with Gasteiger partial charge < -0.3 is 10.6 Å². The summed E-state index contributed by atoms with van der Waals surface area (Å²) < 4.78 is 0. The number of hydrogen-bond acceptors (Lipinski definition) is 5. The van der Waals surface area contributed by atoms with Crippen molar-refractivity contribution >= 4 is 16.5 Å². The van der Waals surface area contributed by atoms with E-state index in [4.69, 9.17) is 0 Å². The van der Waals surface area contributed by atoms with Gasteiger partial charge in [-0.3, -0.25) is 0 Å². The van der Waals surface area contributed by atoms with Gasteiger partial charge in [-0.25, -0.2) is 0 Å². The van der Waals surface area contributed by atoms with Crippen LogP contribution in [0, 0.1) is 0 Å². The lowest BCUT2D eigenvalue weighted by atomic mass is 9.92. The molecule has 0 unspecified atom stereocenters. The normalized spacial score (nSPS) is 23.1. The highest BCUT2D eigenvalue weighted by Gasteiger charge is 2.27. The zero-order valence-corrected chi connectivity index (χ0v) is 10.9. The molecule has 0 radical (unpaired) electrons. The van der Waals surface area contributed by atoms with E-state index in [9.17, 15) is 0 Å². The quantitative estimate of drug-likeness (QED) is 0.884. The molecule has 0 saturated carbocycles. The average molecular weight is 260 g/mol. The van der Waals surface area contributed by atoms with E-state index in [2.05, 4.69) is 51.2 Å². The highest BCUT2D eigenvalue weighted by Crippen LogP contribution is 2.27. The summed E-state index contributed by atoms with van der Waals surface area (Å²) in [6.45, 7) is 1.98. The van der Waals surface area contributed by atoms with E-state index in [0.29, 0.717) is 12.0 Å². The Morgan fingerprint density at radius 2 is 2.22 bits per heavy atom. The van der Waals surface area contributed by atoms with Gasteiger partial charge in [0.05, 0.1) is 0 Å². The second kappa shape index (κ2) is 5.46. The third-order valence-corrected chi connectivity index (χ3v) is 4.06. The molecule has 4 nitrogen and oxygen atoms in total. The molecule has 2 atom stereocenters. The number of benzene rings is 1. The van der Waals surface area contributed by atoms with Crippen LogP contribution in [0.2, 0.25) is 0 Å². The van der Waals surface area contributed by atoms with Crippen LogP contribution >= 0.6 is 11.3 Å². The smallest absolute Gasteiger partial charge is 0.205 e. The van der Waals surface area contributed by atoms with E-state index in [0.717, 1.165) is 18.2 Å². The number of rotatable bonds is 4. The van der Waals surface area contributed by atoms with Crippen LogP contribution in [0.4, 0.5) is 5.13 Å². The Morgan fingerprint density at radius 3 is 3.00 bits per heavy atom. The van der Waals surface area contributed by atoms with Crippen molar-refractivity contribution in [1.82, 2.24) is 15.5 Å². The zero-order chi connectivity index (χ0) is 12.2. The molecular weight excluding hydrogens is 244 g/mol. The molecule has 1 saturated heterocycles. The molecule has 5 heteroatoms. The molecule has 2 aromatic rings. The molecule has 0 amide bonds. The van der Waals surface area contributed by atoms with Crippen LogP contribution in [0.15, 0.2) is 35.8 Å². The molecule has 1 aliphatic rings. The van der Waals surface area contributed by atoms with Crippen molar-refractivity contribution < 1.29 is 0 Å². The fourth-order valence-electron chi connectivity index (χ4n) is 2.53. The van der Waals surface area contributed by atoms with Gasteiger partial charge in [-0.05, 0) is 18.5 Å². The number of anilines is 1. The molecule has 2 N–H and O–H groups in total. The number of hydrogen-bond donors (Lipinski definition) is 2. The molecule has 1 aromatic heterocycles. The molecule has 0 bridgehead atoms. The fraction of sp³-hybridized carbons (Fsp3) is 0.385. The van der Waals surface area contributed by atoms with Crippen LogP contribution in [0.3, 0.4) is 0 Å². The van der Waals surface area contributed by atoms with Gasteiger partial charge in [-0.15, -0.1) is 10.2 Å². The zero-order valence-electron chi connectivity index (χ0n) is 10.0. The SMILES string of the molecule is c1ccc([C@H]2CCN[C@@H]2CNc2nncs2)cc1. The van der Waals surface area contributed by atoms with Crippen LogP contribution in [0.5, 0.6) is 0 Å². The summed E-state index contributed by atoms with van der Waals surface area (Å²) in [7, 11) is 0. The summed E-state index contributed by atoms with van der Waals surface area (Å²) in [5.41, 5.74) is 3.17. The van der Waals surface area contributed by atoms with Crippen LogP contribution in [-0.4, -0.2) is 29.3 Å². The Hall–Kier alpha value is -1.46. The van der Waals surface area contributed by atoms with Crippen molar-refractivity contribution in [2.45, 2.75) is 18.4 Å². The Labute approximate surface area is 110 Å². The summed E-state index contributed by atoms with van der Waals surface area (Å²) in [5, 5.41) is 15.6. The van der Waals surface area contributed by atoms with E-state index in [-0.39, 0.29) is 0 Å². The molecule has 1 aromatic carbocycles. The monoisotopic (exact) mass is 260 g/mol. The number of aromatic nitrogens is 2. The maximum atomic E-state index is 4.00. The second-order valence-corrected chi connectivity index (χ2v) is 5.32. The Balaban J connectivity index is 1.65. The predicted octanol–water partition coefficient (Wildman–Crippen LogP) is 2.10. The predicted molar refractivity (Wildman–Crippen MR) is 74.0 cm³/mol. The van der Waals surface area contributed by atoms with Gasteiger partial charge in [0.15, 0.2) is 0 Å². The Bertz CT molecular complexity index is 471. The Kier molecular flexibility index (Phi) is 3.52. The summed E-state index contributed by atoms with van der Waals surface area (Å²) in [6, 6.07) is 11.2. The molecule has 2 heterocycles. The van der Waals surface area contributed by atoms with Crippen molar-refractivity contribution in [3.63, 3.8) is 0 Å². The number of nitrogens with zero attached hydrogens (tertiary/aromatic N) is 2. The first-order valence-electron chi connectivity index (χ1n) is 6.22. The van der Waals surface area contributed by atoms with E-state index in [1.807, 2.05) is 0 Å². The first kappa shape index (κ1) is 11.6. The first-order valence-corrected chi connectivity index (χ1v) is 7.10. The topological polar surface area (TPSA) is 49.8 Å². The van der Waals surface area contributed by atoms with Crippen molar-refractivity contribution in [2.75, 3.05) is 18.4 Å². The highest BCUT2D eigenvalue weighted by molar-refractivity contribution is 7.13. The summed E-state index contributed by atoms with van der Waals surface area (Å²) in [4.78, 5) is 0. The van der Waals surface area contributed by atoms with E-state index in [1.54, 1.807) is 16.8 Å². The van der Waals surface area contributed by atoms with Gasteiger partial charge in [-0.2, -0.15) is 0 Å². The maximum absolute atomic E-state index is 4.00. The van der Waals surface area contributed by atoms with Crippen molar-refractivity contribution in [2.24, 2.45) is 0 Å². The minimum atomic E-state index is 0.469. The van der Waals surface area contributed by atoms with Gasteiger partial charge in [-0.1, -0.05) is 41.7 Å². The van der Waals surface area contributed by atoms with Gasteiger partial charge in [0.1, 0.15) is 5.51 Å². The van der Waals surface area contributed by atoms with Gasteiger partial charge in [0.25, 0.3) is 0 Å². The molecular formula is C13H16N4S. The lowest BCUT2D eigenvalue weighted by Crippen LogP contribution is -2.33. The molecule has 94 valence electrons. The average Bonchev–Trinajstić information content (AvgIpc) is 3.09. The third kappa shape index (κ3) is 2.52. The van der Waals surface area contributed by atoms with Crippen molar-refractivity contribution in [3.05, 3.63) is 41.4 Å².